The molecule has 6 heteroatoms. The van der Waals surface area contributed by atoms with Crippen molar-refractivity contribution in [3.8, 4) is 5.75 Å². The van der Waals surface area contributed by atoms with Crippen molar-refractivity contribution in [2.75, 3.05) is 13.7 Å². The lowest BCUT2D eigenvalue weighted by Crippen LogP contribution is -2.31. The molecule has 0 fully saturated rings. The van der Waals surface area contributed by atoms with E-state index in [1.54, 1.807) is 0 Å². The molecular formula is C12H13F2NO3. The van der Waals surface area contributed by atoms with Crippen molar-refractivity contribution in [3.63, 3.8) is 0 Å². The summed E-state index contributed by atoms with van der Waals surface area (Å²) in [5.41, 5.74) is 0.108. The first-order valence-electron chi connectivity index (χ1n) is 5.26. The first-order chi connectivity index (χ1) is 8.45. The number of benzene rings is 1. The summed E-state index contributed by atoms with van der Waals surface area (Å²) in [5.74, 6) is -2.85. The van der Waals surface area contributed by atoms with E-state index in [0.29, 0.717) is 0 Å². The van der Waals surface area contributed by atoms with Crippen LogP contribution >= 0.6 is 0 Å². The van der Waals surface area contributed by atoms with Crippen LogP contribution in [-0.4, -0.2) is 25.3 Å². The molecule has 0 heterocycles. The second kappa shape index (κ2) is 6.09. The predicted molar refractivity (Wildman–Crippen MR) is 60.3 cm³/mol. The van der Waals surface area contributed by atoms with Crippen molar-refractivity contribution >= 4 is 11.7 Å². The summed E-state index contributed by atoms with van der Waals surface area (Å²) in [7, 11) is 1.24. The van der Waals surface area contributed by atoms with E-state index < -0.39 is 23.3 Å². The van der Waals surface area contributed by atoms with Gasteiger partial charge in [0.05, 0.1) is 7.11 Å². The lowest BCUT2D eigenvalue weighted by Gasteiger charge is -2.07. The second-order valence-corrected chi connectivity index (χ2v) is 3.64. The number of nitrogens with one attached hydrogen (secondary N) is 1. The van der Waals surface area contributed by atoms with Crippen LogP contribution in [0.4, 0.5) is 8.78 Å². The molecule has 0 saturated heterocycles. The van der Waals surface area contributed by atoms with Gasteiger partial charge in [0.15, 0.2) is 11.6 Å². The number of ether oxygens (including phenoxy) is 1. The number of ketones is 1. The van der Waals surface area contributed by atoms with Crippen LogP contribution in [0.2, 0.25) is 0 Å². The van der Waals surface area contributed by atoms with Crippen molar-refractivity contribution in [1.82, 2.24) is 5.32 Å². The number of Topliss-reactive ketones (excluding diaryl/α,β-unsaturated/α-hetero) is 1. The Bertz CT molecular complexity index is 475. The Hall–Kier alpha value is -1.98. The molecule has 0 radical (unpaired) electrons. The molecule has 1 N–H and O–H groups in total. The number of methoxy groups -OCH3 is 1. The number of carbonyl (C=O) groups is 2. The largest absolute Gasteiger partial charge is 0.494 e. The van der Waals surface area contributed by atoms with Crippen LogP contribution in [0.3, 0.4) is 0 Å². The molecule has 1 rings (SSSR count). The number of halogens is 2. The van der Waals surface area contributed by atoms with E-state index in [0.717, 1.165) is 19.1 Å². The Morgan fingerprint density at radius 2 is 1.94 bits per heavy atom. The maximum atomic E-state index is 13.5. The molecule has 0 aliphatic carbocycles. The number of carbonyl (C=O) groups excluding carboxylic acids is 2. The standard InChI is InChI=1S/C12H13F2NO3/c1-7(16)12(17)15-4-3-8-5-10(14)11(18-2)6-9(8)13/h5-6H,3-4H2,1-2H3,(H,15,17). The average molecular weight is 257 g/mol. The summed E-state index contributed by atoms with van der Waals surface area (Å²) in [6.07, 6.45) is 0.0891. The molecule has 4 nitrogen and oxygen atoms in total. The van der Waals surface area contributed by atoms with Gasteiger partial charge < -0.3 is 10.1 Å². The second-order valence-electron chi connectivity index (χ2n) is 3.64. The van der Waals surface area contributed by atoms with Crippen LogP contribution in [0.25, 0.3) is 0 Å². The van der Waals surface area contributed by atoms with Crippen LogP contribution in [0, 0.1) is 11.6 Å². The third-order valence-electron chi connectivity index (χ3n) is 2.32. The van der Waals surface area contributed by atoms with Gasteiger partial charge in [-0.1, -0.05) is 0 Å². The molecule has 0 saturated carbocycles. The molecule has 0 bridgehead atoms. The Balaban J connectivity index is 2.66. The third-order valence-corrected chi connectivity index (χ3v) is 2.32. The van der Waals surface area contributed by atoms with E-state index in [-0.39, 0.29) is 24.3 Å². The minimum absolute atomic E-state index is 0.0566. The van der Waals surface area contributed by atoms with Crippen molar-refractivity contribution in [2.45, 2.75) is 13.3 Å². The van der Waals surface area contributed by atoms with Crippen LogP contribution in [-0.2, 0) is 16.0 Å². The van der Waals surface area contributed by atoms with Crippen molar-refractivity contribution in [3.05, 3.63) is 29.3 Å². The summed E-state index contributed by atoms with van der Waals surface area (Å²) in [6.45, 7) is 1.18. The Morgan fingerprint density at radius 1 is 1.28 bits per heavy atom. The maximum Gasteiger partial charge on any atom is 0.287 e. The van der Waals surface area contributed by atoms with Crippen LogP contribution < -0.4 is 10.1 Å². The van der Waals surface area contributed by atoms with E-state index in [9.17, 15) is 18.4 Å². The summed E-state index contributed by atoms with van der Waals surface area (Å²) in [6, 6.07) is 1.95. The average Bonchev–Trinajstić information content (AvgIpc) is 2.32. The first-order valence-corrected chi connectivity index (χ1v) is 5.26. The molecule has 1 aromatic carbocycles. The number of hydrogen-bond donors (Lipinski definition) is 1. The van der Waals surface area contributed by atoms with E-state index >= 15 is 0 Å². The molecule has 0 aliphatic heterocycles. The topological polar surface area (TPSA) is 55.4 Å². The zero-order chi connectivity index (χ0) is 13.7. The minimum Gasteiger partial charge on any atom is -0.494 e. The maximum absolute atomic E-state index is 13.5. The normalized spacial score (nSPS) is 10.0. The van der Waals surface area contributed by atoms with E-state index in [4.69, 9.17) is 0 Å². The summed E-state index contributed by atoms with van der Waals surface area (Å²) in [4.78, 5) is 21.6. The van der Waals surface area contributed by atoms with Gasteiger partial charge in [-0.05, 0) is 18.1 Å². The molecule has 0 atom stereocenters. The van der Waals surface area contributed by atoms with Gasteiger partial charge in [-0.15, -0.1) is 0 Å². The zero-order valence-electron chi connectivity index (χ0n) is 10.0. The van der Waals surface area contributed by atoms with Gasteiger partial charge in [-0.25, -0.2) is 8.78 Å². The van der Waals surface area contributed by atoms with E-state index in [1.807, 2.05) is 0 Å². The van der Waals surface area contributed by atoms with Crippen molar-refractivity contribution in [2.24, 2.45) is 0 Å². The lowest BCUT2D eigenvalue weighted by atomic mass is 10.1. The summed E-state index contributed by atoms with van der Waals surface area (Å²) >= 11 is 0. The smallest absolute Gasteiger partial charge is 0.287 e. The van der Waals surface area contributed by atoms with Crippen LogP contribution in [0.1, 0.15) is 12.5 Å². The first kappa shape index (κ1) is 14.1. The molecule has 1 aromatic rings. The molecular weight excluding hydrogens is 244 g/mol. The SMILES string of the molecule is COc1cc(F)c(CCNC(=O)C(C)=O)cc1F. The molecule has 0 unspecified atom stereocenters. The highest BCUT2D eigenvalue weighted by molar-refractivity contribution is 6.35. The molecule has 0 aliphatic rings. The third kappa shape index (κ3) is 3.51. The van der Waals surface area contributed by atoms with Crippen LogP contribution in [0.15, 0.2) is 12.1 Å². The van der Waals surface area contributed by atoms with Gasteiger partial charge in [0.1, 0.15) is 5.82 Å². The molecule has 0 aromatic heterocycles. The van der Waals surface area contributed by atoms with E-state index in [1.165, 1.54) is 7.11 Å². The van der Waals surface area contributed by atoms with Crippen molar-refractivity contribution < 1.29 is 23.1 Å². The lowest BCUT2D eigenvalue weighted by molar-refractivity contribution is -0.136. The molecule has 18 heavy (non-hydrogen) atoms. The van der Waals surface area contributed by atoms with Gasteiger partial charge in [-0.3, -0.25) is 9.59 Å². The highest BCUT2D eigenvalue weighted by Crippen LogP contribution is 2.21. The Kier molecular flexibility index (Phi) is 4.76. The Morgan fingerprint density at radius 3 is 2.50 bits per heavy atom. The molecule has 98 valence electrons. The fraction of sp³-hybridized carbons (Fsp3) is 0.333. The van der Waals surface area contributed by atoms with Gasteiger partial charge in [0.2, 0.25) is 5.78 Å². The highest BCUT2D eigenvalue weighted by Gasteiger charge is 2.11. The zero-order valence-corrected chi connectivity index (χ0v) is 10.0. The number of hydrogen-bond acceptors (Lipinski definition) is 3. The van der Waals surface area contributed by atoms with Gasteiger partial charge in [0, 0.05) is 19.5 Å². The van der Waals surface area contributed by atoms with Crippen LogP contribution in [0.5, 0.6) is 5.75 Å². The fourth-order valence-electron chi connectivity index (χ4n) is 1.35. The van der Waals surface area contributed by atoms with Gasteiger partial charge in [-0.2, -0.15) is 0 Å². The predicted octanol–water partition coefficient (Wildman–Crippen LogP) is 1.22. The number of amides is 1. The molecule has 0 spiro atoms. The van der Waals surface area contributed by atoms with E-state index in [2.05, 4.69) is 10.1 Å². The van der Waals surface area contributed by atoms with Gasteiger partial charge >= 0.3 is 0 Å². The monoisotopic (exact) mass is 257 g/mol. The van der Waals surface area contributed by atoms with Crippen molar-refractivity contribution in [1.29, 1.82) is 0 Å². The van der Waals surface area contributed by atoms with Gasteiger partial charge in [0.25, 0.3) is 5.91 Å². The molecule has 1 amide bonds. The Labute approximate surface area is 103 Å². The summed E-state index contributed by atoms with van der Waals surface area (Å²) < 4.78 is 31.4. The minimum atomic E-state index is -0.746. The number of rotatable bonds is 5. The summed E-state index contributed by atoms with van der Waals surface area (Å²) in [5, 5.41) is 2.30. The fourth-order valence-corrected chi connectivity index (χ4v) is 1.35. The highest BCUT2D eigenvalue weighted by atomic mass is 19.1. The quantitative estimate of drug-likeness (QED) is 0.807.